The number of anilines is 4. The Morgan fingerprint density at radius 1 is 0.660 bits per heavy atom. The number of hydrogen-bond donors (Lipinski definition) is 0. The first-order valence-corrected chi connectivity index (χ1v) is 18.2. The molecule has 0 aliphatic carbocycles. The second kappa shape index (κ2) is 13.8. The molecule has 0 saturated carbocycles. The Bertz CT molecular complexity index is 2450. The summed E-state index contributed by atoms with van der Waals surface area (Å²) in [7, 11) is 0. The molecule has 0 spiro atoms. The summed E-state index contributed by atoms with van der Waals surface area (Å²) in [4.78, 5) is 9.37. The molecule has 0 fully saturated rings. The van der Waals surface area contributed by atoms with Crippen LogP contribution in [0.15, 0.2) is 115 Å². The van der Waals surface area contributed by atoms with E-state index in [2.05, 4.69) is 192 Å². The molecule has 1 aliphatic rings. The van der Waals surface area contributed by atoms with E-state index in [9.17, 15) is 0 Å². The van der Waals surface area contributed by atoms with E-state index in [1.165, 1.54) is 22.4 Å². The number of fused-ring (bicyclic) bond motifs is 4. The van der Waals surface area contributed by atoms with Gasteiger partial charge < -0.3 is 19.1 Å². The zero-order valence-electron chi connectivity index (χ0n) is 31.6. The molecule has 0 amide bonds. The summed E-state index contributed by atoms with van der Waals surface area (Å²) in [5.41, 5.74) is 9.97. The van der Waals surface area contributed by atoms with Crippen LogP contribution in [0.5, 0.6) is 11.5 Å². The van der Waals surface area contributed by atoms with Gasteiger partial charge in [-0.15, -0.1) is 53.6 Å². The van der Waals surface area contributed by atoms with Crippen LogP contribution in [0.3, 0.4) is 0 Å². The van der Waals surface area contributed by atoms with Crippen molar-refractivity contribution in [2.75, 3.05) is 9.80 Å². The fourth-order valence-electron chi connectivity index (χ4n) is 7.18. The number of hydrogen-bond acceptors (Lipinski definition) is 4. The molecule has 0 atom stereocenters. The second-order valence-electron chi connectivity index (χ2n) is 16.1. The predicted molar refractivity (Wildman–Crippen MR) is 216 cm³/mol. The van der Waals surface area contributed by atoms with E-state index < -0.39 is 0 Å². The van der Waals surface area contributed by atoms with Gasteiger partial charge in [0, 0.05) is 61.3 Å². The van der Waals surface area contributed by atoms with E-state index in [0.717, 1.165) is 44.7 Å². The van der Waals surface area contributed by atoms with Crippen LogP contribution in [0.25, 0.3) is 27.6 Å². The molecule has 6 heteroatoms. The van der Waals surface area contributed by atoms with Gasteiger partial charge in [0.2, 0.25) is 0 Å². The van der Waals surface area contributed by atoms with Crippen molar-refractivity contribution in [2.45, 2.75) is 72.1 Å². The monoisotopic (exact) mass is 876 g/mol. The molecular weight excluding hydrogens is 832 g/mol. The number of aromatic nitrogens is 2. The average molecular weight is 877 g/mol. The van der Waals surface area contributed by atoms with E-state index in [4.69, 9.17) is 9.72 Å². The van der Waals surface area contributed by atoms with Crippen LogP contribution >= 0.6 is 0 Å². The van der Waals surface area contributed by atoms with Gasteiger partial charge in [-0.25, -0.2) is 4.98 Å². The fraction of sp³-hybridized carbons (Fsp3) is 0.234. The van der Waals surface area contributed by atoms with E-state index in [-0.39, 0.29) is 37.8 Å². The molecule has 0 bridgehead atoms. The Labute approximate surface area is 328 Å². The fourth-order valence-corrected chi connectivity index (χ4v) is 7.18. The van der Waals surface area contributed by atoms with Crippen molar-refractivity contribution in [2.24, 2.45) is 0 Å². The first-order valence-electron chi connectivity index (χ1n) is 18.2. The minimum absolute atomic E-state index is 0. The number of para-hydroxylation sites is 4. The molecule has 0 radical (unpaired) electrons. The maximum atomic E-state index is 6.71. The summed E-state index contributed by atoms with van der Waals surface area (Å²) < 4.78 is 8.91. The zero-order valence-corrected chi connectivity index (χ0v) is 33.9. The molecule has 5 nitrogen and oxygen atoms in total. The Morgan fingerprint density at radius 2 is 1.34 bits per heavy atom. The largest absolute Gasteiger partial charge is 0.509 e. The molecule has 3 heterocycles. The number of rotatable bonds is 6. The van der Waals surface area contributed by atoms with E-state index in [0.29, 0.717) is 11.5 Å². The normalized spacial score (nSPS) is 13.2. The van der Waals surface area contributed by atoms with Gasteiger partial charge in [-0.2, -0.15) is 6.07 Å². The van der Waals surface area contributed by atoms with E-state index >= 15 is 0 Å². The minimum Gasteiger partial charge on any atom is -0.509 e. The van der Waals surface area contributed by atoms with Crippen molar-refractivity contribution in [3.8, 4) is 17.3 Å². The van der Waals surface area contributed by atoms with Gasteiger partial charge in [-0.05, 0) is 69.7 Å². The molecule has 0 unspecified atom stereocenters. The molecule has 7 aromatic rings. The predicted octanol–water partition coefficient (Wildman–Crippen LogP) is 12.7. The van der Waals surface area contributed by atoms with Crippen LogP contribution < -0.4 is 14.5 Å². The van der Waals surface area contributed by atoms with Crippen molar-refractivity contribution in [3.63, 3.8) is 0 Å². The summed E-state index contributed by atoms with van der Waals surface area (Å²) in [6.07, 6.45) is 1.90. The number of benzene rings is 5. The third-order valence-corrected chi connectivity index (χ3v) is 10.00. The molecule has 8 rings (SSSR count). The first kappa shape index (κ1) is 36.5. The van der Waals surface area contributed by atoms with Gasteiger partial charge in [-0.1, -0.05) is 109 Å². The Morgan fingerprint density at radius 3 is 2.06 bits per heavy atom. The number of pyridine rings is 1. The summed E-state index contributed by atoms with van der Waals surface area (Å²) in [5, 5.41) is 2.25. The van der Waals surface area contributed by atoms with Crippen LogP contribution in [0.1, 0.15) is 78.0 Å². The average Bonchev–Trinajstić information content (AvgIpc) is 3.67. The van der Waals surface area contributed by atoms with Crippen molar-refractivity contribution in [1.82, 2.24) is 9.55 Å². The van der Waals surface area contributed by atoms with Crippen molar-refractivity contribution < 1.29 is 25.8 Å². The second-order valence-corrected chi connectivity index (χ2v) is 16.1. The van der Waals surface area contributed by atoms with E-state index in [1.807, 2.05) is 12.3 Å². The Kier molecular flexibility index (Phi) is 9.53. The maximum absolute atomic E-state index is 6.71. The van der Waals surface area contributed by atoms with Crippen LogP contribution in [-0.2, 0) is 31.9 Å². The third kappa shape index (κ3) is 6.77. The van der Waals surface area contributed by atoms with Gasteiger partial charge in [0.15, 0.2) is 0 Å². The summed E-state index contributed by atoms with van der Waals surface area (Å²) in [5.74, 6) is 2.41. The van der Waals surface area contributed by atoms with Crippen LogP contribution in [0.4, 0.5) is 22.7 Å². The summed E-state index contributed by atoms with van der Waals surface area (Å²) in [6.45, 7) is 20.1. The van der Waals surface area contributed by atoms with Gasteiger partial charge in [0.25, 0.3) is 0 Å². The van der Waals surface area contributed by atoms with Crippen molar-refractivity contribution in [3.05, 3.63) is 151 Å². The minimum atomic E-state index is -0.0216. The molecule has 1 aliphatic heterocycles. The maximum Gasteiger partial charge on any atom is 0.135 e. The van der Waals surface area contributed by atoms with Crippen molar-refractivity contribution in [1.29, 1.82) is 0 Å². The van der Waals surface area contributed by atoms with Gasteiger partial charge >= 0.3 is 0 Å². The van der Waals surface area contributed by atoms with Crippen LogP contribution in [-0.4, -0.2) is 9.55 Å². The SMILES string of the molecule is CC(C)c1cc(Oc2[c-]c3c(cc2)c2ccccc2n3-c2cc(C(C)(C)C)ccn2)[c-]c(N2[CH-]N(c3ccccc3C(C)(C)C)c3ccccc32)c1.[Pt]. The summed E-state index contributed by atoms with van der Waals surface area (Å²) >= 11 is 0. The zero-order chi connectivity index (χ0) is 36.4. The standard InChI is InChI=1S/C47H45N4O.Pt/c1-31(2)32-25-34(49-30-50(43-20-14-13-19-42(43)49)41-18-12-10-16-39(41)47(6,7)8)28-36(26-32)52-35-21-22-38-37-15-9-11-17-40(37)51(44(38)29-35)45-27-33(23-24-48-45)46(3,4)5;/h9-27,30-31H,1-8H3;/q-3;. The molecule has 2 aromatic heterocycles. The Hall–Kier alpha value is -4.86. The van der Waals surface area contributed by atoms with Crippen molar-refractivity contribution >= 4 is 44.6 Å². The topological polar surface area (TPSA) is 33.5 Å². The van der Waals surface area contributed by atoms with Gasteiger partial charge in [-0.3, -0.25) is 0 Å². The summed E-state index contributed by atoms with van der Waals surface area (Å²) in [6, 6.07) is 45.8. The first-order chi connectivity index (χ1) is 24.9. The molecular formula is C47H45N4OPt-3. The van der Waals surface area contributed by atoms with Gasteiger partial charge in [0.05, 0.1) is 0 Å². The molecule has 0 N–H and O–H groups in total. The molecule has 53 heavy (non-hydrogen) atoms. The molecule has 0 saturated heterocycles. The van der Waals surface area contributed by atoms with Gasteiger partial charge in [0.1, 0.15) is 5.82 Å². The molecule has 272 valence electrons. The Balaban J connectivity index is 0.00000435. The molecule has 5 aromatic carbocycles. The number of nitrogens with zero attached hydrogens (tertiary/aromatic N) is 4. The number of ether oxygens (including phenoxy) is 1. The third-order valence-electron chi connectivity index (χ3n) is 10.00. The quantitative estimate of drug-likeness (QED) is 0.156. The van der Waals surface area contributed by atoms with Crippen LogP contribution in [0, 0.1) is 18.8 Å². The van der Waals surface area contributed by atoms with E-state index in [1.54, 1.807) is 0 Å². The van der Waals surface area contributed by atoms with Crippen LogP contribution in [0.2, 0.25) is 0 Å². The smallest absolute Gasteiger partial charge is 0.135 e.